The van der Waals surface area contributed by atoms with E-state index in [1.807, 2.05) is 12.1 Å². The molecule has 1 aliphatic heterocycles. The second-order valence-corrected chi connectivity index (χ2v) is 5.30. The van der Waals surface area contributed by atoms with Gasteiger partial charge in [0, 0.05) is 23.5 Å². The van der Waals surface area contributed by atoms with Crippen LogP contribution in [0.25, 0.3) is 0 Å². The standard InChI is InChI=1S/C15H22N2O2/c1-10-5-4-6-11(2)17(10)12-7-8-14(16)13(9-12)15(18)19-3/h7-11H,4-6,16H2,1-3H3/t10-,11+. The molecule has 1 saturated heterocycles. The summed E-state index contributed by atoms with van der Waals surface area (Å²) in [5.41, 5.74) is 7.81. The van der Waals surface area contributed by atoms with E-state index in [-0.39, 0.29) is 5.97 Å². The summed E-state index contributed by atoms with van der Waals surface area (Å²) < 4.78 is 4.78. The lowest BCUT2D eigenvalue weighted by atomic mass is 9.96. The first-order valence-electron chi connectivity index (χ1n) is 6.80. The van der Waals surface area contributed by atoms with Gasteiger partial charge in [0.05, 0.1) is 12.7 Å². The lowest BCUT2D eigenvalue weighted by Gasteiger charge is -2.41. The van der Waals surface area contributed by atoms with Crippen molar-refractivity contribution in [3.63, 3.8) is 0 Å². The van der Waals surface area contributed by atoms with Gasteiger partial charge in [-0.2, -0.15) is 0 Å². The van der Waals surface area contributed by atoms with E-state index in [4.69, 9.17) is 10.5 Å². The topological polar surface area (TPSA) is 55.6 Å². The molecule has 0 amide bonds. The molecule has 4 nitrogen and oxygen atoms in total. The normalized spacial score (nSPS) is 23.2. The zero-order valence-corrected chi connectivity index (χ0v) is 11.8. The Kier molecular flexibility index (Phi) is 3.98. The SMILES string of the molecule is COC(=O)c1cc(N2[C@H](C)CCC[C@@H]2C)ccc1N. The molecule has 0 unspecified atom stereocenters. The molecule has 104 valence electrons. The van der Waals surface area contributed by atoms with Crippen LogP contribution in [0.4, 0.5) is 11.4 Å². The molecule has 19 heavy (non-hydrogen) atoms. The van der Waals surface area contributed by atoms with Crippen molar-refractivity contribution in [3.05, 3.63) is 23.8 Å². The Morgan fingerprint density at radius 1 is 1.32 bits per heavy atom. The minimum atomic E-state index is -0.378. The first-order chi connectivity index (χ1) is 9.04. The van der Waals surface area contributed by atoms with Crippen LogP contribution in [0.3, 0.4) is 0 Å². The Balaban J connectivity index is 2.36. The van der Waals surface area contributed by atoms with Crippen LogP contribution in [0.2, 0.25) is 0 Å². The third-order valence-electron chi connectivity index (χ3n) is 3.93. The van der Waals surface area contributed by atoms with Crippen LogP contribution in [0.1, 0.15) is 43.5 Å². The number of methoxy groups -OCH3 is 1. The van der Waals surface area contributed by atoms with Gasteiger partial charge in [-0.15, -0.1) is 0 Å². The highest BCUT2D eigenvalue weighted by Gasteiger charge is 2.25. The van der Waals surface area contributed by atoms with Crippen LogP contribution >= 0.6 is 0 Å². The average molecular weight is 262 g/mol. The van der Waals surface area contributed by atoms with E-state index in [1.165, 1.54) is 26.4 Å². The maximum absolute atomic E-state index is 11.7. The molecular weight excluding hydrogens is 240 g/mol. The van der Waals surface area contributed by atoms with Crippen LogP contribution in [0, 0.1) is 0 Å². The molecule has 1 aliphatic rings. The van der Waals surface area contributed by atoms with Crippen LogP contribution in [0.5, 0.6) is 0 Å². The summed E-state index contributed by atoms with van der Waals surface area (Å²) >= 11 is 0. The third kappa shape index (κ3) is 2.67. The fraction of sp³-hybridized carbons (Fsp3) is 0.533. The Morgan fingerprint density at radius 3 is 2.53 bits per heavy atom. The van der Waals surface area contributed by atoms with Crippen molar-refractivity contribution in [1.82, 2.24) is 0 Å². The Labute approximate surface area is 114 Å². The van der Waals surface area contributed by atoms with Crippen LogP contribution < -0.4 is 10.6 Å². The first-order valence-corrected chi connectivity index (χ1v) is 6.80. The molecule has 2 rings (SSSR count). The number of hydrogen-bond donors (Lipinski definition) is 1. The van der Waals surface area contributed by atoms with Crippen molar-refractivity contribution in [2.75, 3.05) is 17.7 Å². The quantitative estimate of drug-likeness (QED) is 0.657. The molecule has 1 fully saturated rings. The summed E-state index contributed by atoms with van der Waals surface area (Å²) in [4.78, 5) is 14.1. The zero-order valence-electron chi connectivity index (χ0n) is 11.8. The monoisotopic (exact) mass is 262 g/mol. The minimum Gasteiger partial charge on any atom is -0.465 e. The first kappa shape index (κ1) is 13.7. The van der Waals surface area contributed by atoms with E-state index in [1.54, 1.807) is 6.07 Å². The summed E-state index contributed by atoms with van der Waals surface area (Å²) in [7, 11) is 1.38. The van der Waals surface area contributed by atoms with Gasteiger partial charge in [0.25, 0.3) is 0 Å². The largest absolute Gasteiger partial charge is 0.465 e. The Hall–Kier alpha value is -1.71. The predicted molar refractivity (Wildman–Crippen MR) is 77.4 cm³/mol. The lowest BCUT2D eigenvalue weighted by Crippen LogP contribution is -2.43. The van der Waals surface area contributed by atoms with Gasteiger partial charge in [0.15, 0.2) is 0 Å². The second-order valence-electron chi connectivity index (χ2n) is 5.30. The molecule has 0 bridgehead atoms. The number of ether oxygens (including phenoxy) is 1. The van der Waals surface area contributed by atoms with Crippen LogP contribution in [0.15, 0.2) is 18.2 Å². The Morgan fingerprint density at radius 2 is 1.95 bits per heavy atom. The van der Waals surface area contributed by atoms with Gasteiger partial charge in [-0.25, -0.2) is 4.79 Å². The van der Waals surface area contributed by atoms with Crippen molar-refractivity contribution in [2.24, 2.45) is 0 Å². The highest BCUT2D eigenvalue weighted by molar-refractivity contribution is 5.96. The highest BCUT2D eigenvalue weighted by Crippen LogP contribution is 2.31. The summed E-state index contributed by atoms with van der Waals surface area (Å²) in [6.45, 7) is 4.45. The van der Waals surface area contributed by atoms with E-state index < -0.39 is 0 Å². The van der Waals surface area contributed by atoms with Gasteiger partial charge in [-0.3, -0.25) is 0 Å². The van der Waals surface area contributed by atoms with Crippen LogP contribution in [-0.2, 0) is 4.74 Å². The zero-order chi connectivity index (χ0) is 14.0. The molecule has 1 aromatic rings. The van der Waals surface area contributed by atoms with E-state index in [2.05, 4.69) is 18.7 Å². The lowest BCUT2D eigenvalue weighted by molar-refractivity contribution is 0.0602. The number of nitrogens with zero attached hydrogens (tertiary/aromatic N) is 1. The number of nitrogens with two attached hydrogens (primary N) is 1. The number of esters is 1. The fourth-order valence-corrected chi connectivity index (χ4v) is 2.92. The molecule has 0 aliphatic carbocycles. The van der Waals surface area contributed by atoms with E-state index in [0.29, 0.717) is 23.3 Å². The smallest absolute Gasteiger partial charge is 0.340 e. The molecule has 2 atom stereocenters. The van der Waals surface area contributed by atoms with Gasteiger partial charge in [-0.1, -0.05) is 0 Å². The van der Waals surface area contributed by atoms with Gasteiger partial charge in [0.1, 0.15) is 0 Å². The molecule has 0 spiro atoms. The minimum absolute atomic E-state index is 0.378. The van der Waals surface area contributed by atoms with Gasteiger partial charge < -0.3 is 15.4 Å². The predicted octanol–water partition coefficient (Wildman–Crippen LogP) is 2.82. The van der Waals surface area contributed by atoms with Gasteiger partial charge in [0.2, 0.25) is 0 Å². The number of rotatable bonds is 2. The van der Waals surface area contributed by atoms with Gasteiger partial charge in [-0.05, 0) is 51.3 Å². The van der Waals surface area contributed by atoms with E-state index in [9.17, 15) is 4.79 Å². The summed E-state index contributed by atoms with van der Waals surface area (Å²) in [5, 5.41) is 0. The molecule has 0 radical (unpaired) electrons. The molecule has 0 aromatic heterocycles. The number of carbonyl (C=O) groups is 1. The molecular formula is C15H22N2O2. The van der Waals surface area contributed by atoms with Crippen molar-refractivity contribution in [1.29, 1.82) is 0 Å². The number of benzene rings is 1. The molecule has 1 aromatic carbocycles. The average Bonchev–Trinajstić information content (AvgIpc) is 2.39. The number of nitrogen functional groups attached to an aromatic ring is 1. The summed E-state index contributed by atoms with van der Waals surface area (Å²) in [5.74, 6) is -0.378. The summed E-state index contributed by atoms with van der Waals surface area (Å²) in [6, 6.07) is 6.59. The molecule has 1 heterocycles. The van der Waals surface area contributed by atoms with Crippen molar-refractivity contribution in [2.45, 2.75) is 45.2 Å². The van der Waals surface area contributed by atoms with Crippen molar-refractivity contribution < 1.29 is 9.53 Å². The third-order valence-corrected chi connectivity index (χ3v) is 3.93. The number of hydrogen-bond acceptors (Lipinski definition) is 4. The van der Waals surface area contributed by atoms with Crippen molar-refractivity contribution >= 4 is 17.3 Å². The molecule has 2 N–H and O–H groups in total. The maximum Gasteiger partial charge on any atom is 0.340 e. The molecule has 0 saturated carbocycles. The van der Waals surface area contributed by atoms with Crippen LogP contribution in [-0.4, -0.2) is 25.2 Å². The second kappa shape index (κ2) is 5.51. The Bertz CT molecular complexity index is 463. The number of carbonyl (C=O) groups excluding carboxylic acids is 1. The highest BCUT2D eigenvalue weighted by atomic mass is 16.5. The number of piperidine rings is 1. The van der Waals surface area contributed by atoms with E-state index >= 15 is 0 Å². The van der Waals surface area contributed by atoms with E-state index in [0.717, 1.165) is 5.69 Å². The van der Waals surface area contributed by atoms with Crippen molar-refractivity contribution in [3.8, 4) is 0 Å². The maximum atomic E-state index is 11.7. The molecule has 4 heteroatoms. The summed E-state index contributed by atoms with van der Waals surface area (Å²) in [6.07, 6.45) is 3.63. The fourth-order valence-electron chi connectivity index (χ4n) is 2.92. The number of anilines is 2. The van der Waals surface area contributed by atoms with Gasteiger partial charge >= 0.3 is 5.97 Å².